The summed E-state index contributed by atoms with van der Waals surface area (Å²) in [7, 11) is 0. The molecule has 0 atom stereocenters. The third-order valence-electron chi connectivity index (χ3n) is 13.1. The lowest BCUT2D eigenvalue weighted by Gasteiger charge is -2.34. The van der Waals surface area contributed by atoms with E-state index in [4.69, 9.17) is 22.9 Å². The number of nitrogen functional groups attached to an aromatic ring is 4. The van der Waals surface area contributed by atoms with E-state index >= 15 is 0 Å². The highest BCUT2D eigenvalue weighted by Crippen LogP contribution is 2.50. The molecule has 0 unspecified atom stereocenters. The number of nitrogens with one attached hydrogen (secondary N) is 4. The normalized spacial score (nSPS) is 11.6. The zero-order valence-electron chi connectivity index (χ0n) is 42.2. The summed E-state index contributed by atoms with van der Waals surface area (Å²) in [5.74, 6) is -4.51. The van der Waals surface area contributed by atoms with E-state index in [9.17, 15) is 65.9 Å². The Hall–Kier alpha value is -10.4. The van der Waals surface area contributed by atoms with Crippen molar-refractivity contribution in [1.82, 2.24) is 0 Å². The van der Waals surface area contributed by atoms with Crippen LogP contribution >= 0.6 is 0 Å². The van der Waals surface area contributed by atoms with Gasteiger partial charge in [-0.05, 0) is 170 Å². The smallest absolute Gasteiger partial charge is 0.402 e. The fraction of sp³-hybridized carbons (Fsp3) is 0.103. The molecular weight excluding hydrogens is 1050 g/mol. The van der Waals surface area contributed by atoms with Crippen molar-refractivity contribution in [3.05, 3.63) is 214 Å². The van der Waals surface area contributed by atoms with Crippen LogP contribution < -0.4 is 44.2 Å². The number of phenols is 4. The molecule has 0 aliphatic carbocycles. The second-order valence-corrected chi connectivity index (χ2v) is 18.5. The molecule has 8 rings (SSSR count). The van der Waals surface area contributed by atoms with E-state index in [0.29, 0.717) is 22.7 Å². The summed E-state index contributed by atoms with van der Waals surface area (Å²) < 4.78 is 88.5. The lowest BCUT2D eigenvalue weighted by atomic mass is 9.75. The standard InChI is InChI=1S/2C29H25F3N4O4/c1-28(29(30,31)32,18-6-12-24(37)22(14-18)35-26(39)16-2-8-20(33)9-3-16)19-7-13-25(38)23(15-19)36-27(40)17-4-10-21(34)11-5-17;1-28(29(30,31)32,18-8-10-24(37)22(14-18)35-26(39)16-4-2-6-20(33)12-16)19-9-11-25(38)23(15-19)36-27(40)17-5-3-7-21(34)13-17/h2*2-15,37-38H,33-34H2,1H3,(H,35,39)(H,36,40). The van der Waals surface area contributed by atoms with E-state index in [1.807, 2.05) is 0 Å². The average Bonchev–Trinajstić information content (AvgIpc) is 3.50. The van der Waals surface area contributed by atoms with Crippen LogP contribution in [0.3, 0.4) is 0 Å². The predicted molar refractivity (Wildman–Crippen MR) is 293 cm³/mol. The Morgan fingerprint density at radius 2 is 0.588 bits per heavy atom. The van der Waals surface area contributed by atoms with Crippen molar-refractivity contribution in [3.8, 4) is 23.0 Å². The Balaban J connectivity index is 0.000000231. The molecule has 412 valence electrons. The van der Waals surface area contributed by atoms with Gasteiger partial charge in [-0.2, -0.15) is 26.3 Å². The minimum Gasteiger partial charge on any atom is -0.506 e. The first-order valence-corrected chi connectivity index (χ1v) is 23.7. The van der Waals surface area contributed by atoms with Crippen LogP contribution in [0.2, 0.25) is 0 Å². The van der Waals surface area contributed by atoms with Gasteiger partial charge >= 0.3 is 12.4 Å². The minimum absolute atomic E-state index is 0.141. The Labute approximate surface area is 452 Å². The molecule has 0 fully saturated rings. The van der Waals surface area contributed by atoms with Crippen LogP contribution in [-0.2, 0) is 10.8 Å². The molecule has 16 nitrogen and oxygen atoms in total. The second-order valence-electron chi connectivity index (χ2n) is 18.5. The molecule has 0 heterocycles. The molecule has 22 heteroatoms. The highest BCUT2D eigenvalue weighted by molar-refractivity contribution is 6.07. The summed E-state index contributed by atoms with van der Waals surface area (Å²) >= 11 is 0. The Bertz CT molecular complexity index is 3430. The molecule has 0 aliphatic heterocycles. The maximum Gasteiger partial charge on any atom is 0.402 e. The summed E-state index contributed by atoms with van der Waals surface area (Å²) in [6.07, 6.45) is -9.76. The third-order valence-corrected chi connectivity index (χ3v) is 13.1. The maximum atomic E-state index is 14.8. The minimum atomic E-state index is -4.88. The number of hydrogen-bond acceptors (Lipinski definition) is 12. The van der Waals surface area contributed by atoms with Gasteiger partial charge in [0.1, 0.15) is 33.8 Å². The number of carbonyl (C=O) groups excluding carboxylic acids is 4. The molecule has 0 aliphatic rings. The summed E-state index contributed by atoms with van der Waals surface area (Å²) in [6.45, 7) is 1.83. The quantitative estimate of drug-likeness (QED) is 0.0309. The van der Waals surface area contributed by atoms with E-state index in [0.717, 1.165) is 86.6 Å². The molecule has 0 spiro atoms. The lowest BCUT2D eigenvalue weighted by molar-refractivity contribution is -0.173. The van der Waals surface area contributed by atoms with Crippen LogP contribution in [0.25, 0.3) is 0 Å². The fourth-order valence-electron chi connectivity index (χ4n) is 8.18. The highest BCUT2D eigenvalue weighted by Gasteiger charge is 2.55. The van der Waals surface area contributed by atoms with Gasteiger partial charge in [-0.3, -0.25) is 19.2 Å². The van der Waals surface area contributed by atoms with Gasteiger partial charge in [-0.15, -0.1) is 0 Å². The molecule has 0 aromatic heterocycles. The van der Waals surface area contributed by atoms with E-state index in [1.54, 1.807) is 12.1 Å². The predicted octanol–water partition coefficient (Wildman–Crippen LogP) is 11.3. The van der Waals surface area contributed by atoms with Crippen LogP contribution in [-0.4, -0.2) is 56.4 Å². The van der Waals surface area contributed by atoms with Gasteiger partial charge in [-0.1, -0.05) is 36.4 Å². The molecule has 0 radical (unpaired) electrons. The highest BCUT2D eigenvalue weighted by atomic mass is 19.4. The molecular formula is C58H50F6N8O8. The van der Waals surface area contributed by atoms with Crippen molar-refractivity contribution >= 4 is 69.1 Å². The number of aromatic hydroxyl groups is 4. The summed E-state index contributed by atoms with van der Waals surface area (Å²) in [5, 5.41) is 51.0. The molecule has 8 aromatic carbocycles. The van der Waals surface area contributed by atoms with E-state index in [2.05, 4.69) is 21.3 Å². The molecule has 0 saturated carbocycles. The van der Waals surface area contributed by atoms with E-state index in [1.165, 1.54) is 84.9 Å². The number of phenolic OH excluding ortho intramolecular Hbond substituents is 4. The van der Waals surface area contributed by atoms with Crippen LogP contribution in [0.4, 0.5) is 71.8 Å². The zero-order valence-corrected chi connectivity index (χ0v) is 42.2. The zero-order chi connectivity index (χ0) is 58.5. The van der Waals surface area contributed by atoms with Gasteiger partial charge < -0.3 is 64.6 Å². The first-order valence-electron chi connectivity index (χ1n) is 23.7. The first-order chi connectivity index (χ1) is 37.6. The van der Waals surface area contributed by atoms with Gasteiger partial charge in [0.25, 0.3) is 23.6 Å². The Kier molecular flexibility index (Phi) is 16.3. The van der Waals surface area contributed by atoms with Gasteiger partial charge in [0, 0.05) is 45.0 Å². The van der Waals surface area contributed by atoms with Crippen molar-refractivity contribution in [1.29, 1.82) is 0 Å². The van der Waals surface area contributed by atoms with Crippen molar-refractivity contribution in [2.75, 3.05) is 44.2 Å². The van der Waals surface area contributed by atoms with E-state index < -0.39 is 69.8 Å². The number of halogens is 6. The van der Waals surface area contributed by atoms with Crippen molar-refractivity contribution < 1.29 is 65.9 Å². The van der Waals surface area contributed by atoms with Crippen LogP contribution in [0.1, 0.15) is 77.5 Å². The Morgan fingerprint density at radius 1 is 0.338 bits per heavy atom. The monoisotopic (exact) mass is 1100 g/mol. The maximum absolute atomic E-state index is 14.8. The first kappa shape index (κ1) is 57.3. The number of alkyl halides is 6. The largest absolute Gasteiger partial charge is 0.506 e. The van der Waals surface area contributed by atoms with Gasteiger partial charge in [-0.25, -0.2) is 0 Å². The second kappa shape index (κ2) is 22.7. The van der Waals surface area contributed by atoms with Gasteiger partial charge in [0.15, 0.2) is 0 Å². The molecule has 4 amide bonds. The summed E-state index contributed by atoms with van der Waals surface area (Å²) in [6, 6.07) is 36.1. The number of carbonyl (C=O) groups is 4. The molecule has 8 aromatic rings. The fourth-order valence-corrected chi connectivity index (χ4v) is 8.18. The van der Waals surface area contributed by atoms with Crippen LogP contribution in [0.15, 0.2) is 170 Å². The summed E-state index contributed by atoms with van der Waals surface area (Å²) in [5.41, 5.74) is 17.1. The molecule has 16 N–H and O–H groups in total. The number of amides is 4. The average molecular weight is 1100 g/mol. The molecule has 0 bridgehead atoms. The van der Waals surface area contributed by atoms with Gasteiger partial charge in [0.2, 0.25) is 0 Å². The summed E-state index contributed by atoms with van der Waals surface area (Å²) in [4.78, 5) is 50.7. The van der Waals surface area contributed by atoms with Crippen molar-refractivity contribution in [3.63, 3.8) is 0 Å². The number of benzene rings is 8. The topological polar surface area (TPSA) is 301 Å². The number of anilines is 8. The van der Waals surface area contributed by atoms with Gasteiger partial charge in [0.05, 0.1) is 22.7 Å². The van der Waals surface area contributed by atoms with Crippen LogP contribution in [0, 0.1) is 0 Å². The lowest BCUT2D eigenvalue weighted by Crippen LogP contribution is -2.40. The molecule has 0 saturated heterocycles. The third kappa shape index (κ3) is 12.4. The number of nitrogens with two attached hydrogens (primary N) is 4. The Morgan fingerprint density at radius 3 is 0.825 bits per heavy atom. The van der Waals surface area contributed by atoms with E-state index in [-0.39, 0.29) is 67.3 Å². The van der Waals surface area contributed by atoms with Crippen molar-refractivity contribution in [2.45, 2.75) is 37.0 Å². The van der Waals surface area contributed by atoms with Crippen molar-refractivity contribution in [2.24, 2.45) is 0 Å². The number of rotatable bonds is 12. The number of hydrogen-bond donors (Lipinski definition) is 12. The van der Waals surface area contributed by atoms with Crippen LogP contribution in [0.5, 0.6) is 23.0 Å². The molecule has 80 heavy (non-hydrogen) atoms. The SMILES string of the molecule is CC(c1ccc(O)c(NC(=O)c2ccc(N)cc2)c1)(c1ccc(O)c(NC(=O)c2ccc(N)cc2)c1)C(F)(F)F.CC(c1ccc(O)c(NC(=O)c2cccc(N)c2)c1)(c1ccc(O)c(NC(=O)c2cccc(N)c2)c1)C(F)(F)F.